The van der Waals surface area contributed by atoms with E-state index in [1.807, 2.05) is 6.07 Å². The highest BCUT2D eigenvalue weighted by molar-refractivity contribution is 9.10. The van der Waals surface area contributed by atoms with Gasteiger partial charge in [0.15, 0.2) is 9.84 Å². The first-order valence-corrected chi connectivity index (χ1v) is 8.14. The molecule has 1 aromatic rings. The number of sulfone groups is 1. The van der Waals surface area contributed by atoms with Crippen LogP contribution in [0, 0.1) is 0 Å². The van der Waals surface area contributed by atoms with E-state index < -0.39 is 21.1 Å². The summed E-state index contributed by atoms with van der Waals surface area (Å²) in [5.41, 5.74) is 0. The topological polar surface area (TPSA) is 80.7 Å². The van der Waals surface area contributed by atoms with E-state index in [-0.39, 0.29) is 18.8 Å². The van der Waals surface area contributed by atoms with Crippen LogP contribution in [0.2, 0.25) is 0 Å². The molecule has 0 aromatic heterocycles. The van der Waals surface area contributed by atoms with E-state index in [1.54, 1.807) is 18.2 Å². The number of hydrogen-bond acceptors (Lipinski definition) is 4. The molecule has 19 heavy (non-hydrogen) atoms. The van der Waals surface area contributed by atoms with E-state index in [0.717, 1.165) is 4.47 Å². The predicted molar refractivity (Wildman–Crippen MR) is 75.1 cm³/mol. The Hall–Kier alpha value is -1.08. The van der Waals surface area contributed by atoms with Crippen LogP contribution in [-0.4, -0.2) is 37.1 Å². The monoisotopic (exact) mass is 350 g/mol. The van der Waals surface area contributed by atoms with Gasteiger partial charge >= 0.3 is 5.97 Å². The molecule has 1 rings (SSSR count). The molecule has 0 heterocycles. The summed E-state index contributed by atoms with van der Waals surface area (Å²) >= 11 is 3.28. The van der Waals surface area contributed by atoms with E-state index in [4.69, 9.17) is 9.84 Å². The Labute approximate surface area is 120 Å². The zero-order chi connectivity index (χ0) is 14.5. The maximum absolute atomic E-state index is 11.8. The van der Waals surface area contributed by atoms with Crippen LogP contribution >= 0.6 is 15.9 Å². The van der Waals surface area contributed by atoms with Gasteiger partial charge in [-0.2, -0.15) is 0 Å². The van der Waals surface area contributed by atoms with Crippen molar-refractivity contribution in [2.75, 3.05) is 12.4 Å². The van der Waals surface area contributed by atoms with Crippen LogP contribution in [0.3, 0.4) is 0 Å². The second kappa shape index (κ2) is 6.91. The van der Waals surface area contributed by atoms with Gasteiger partial charge < -0.3 is 9.84 Å². The van der Waals surface area contributed by atoms with Crippen LogP contribution in [-0.2, 0) is 14.6 Å². The Bertz CT molecular complexity index is 541. The second-order valence-corrected chi connectivity index (χ2v) is 7.54. The maximum Gasteiger partial charge on any atom is 0.304 e. The van der Waals surface area contributed by atoms with Crippen molar-refractivity contribution in [3.8, 4) is 5.75 Å². The molecule has 1 N–H and O–H groups in total. The molecule has 5 nitrogen and oxygen atoms in total. The Morgan fingerprint density at radius 1 is 1.47 bits per heavy atom. The molecule has 0 saturated carbocycles. The van der Waals surface area contributed by atoms with E-state index >= 15 is 0 Å². The van der Waals surface area contributed by atoms with Gasteiger partial charge in [-0.1, -0.05) is 22.0 Å². The van der Waals surface area contributed by atoms with Crippen molar-refractivity contribution in [2.45, 2.75) is 18.6 Å². The van der Waals surface area contributed by atoms with Crippen LogP contribution in [0.25, 0.3) is 0 Å². The second-order valence-electron chi connectivity index (χ2n) is 4.08. The Balaban J connectivity index is 2.50. The molecule has 1 unspecified atom stereocenters. The first-order valence-electron chi connectivity index (χ1n) is 5.63. The lowest BCUT2D eigenvalue weighted by Gasteiger charge is -2.11. The number of halogens is 1. The van der Waals surface area contributed by atoms with Crippen molar-refractivity contribution in [3.63, 3.8) is 0 Å². The summed E-state index contributed by atoms with van der Waals surface area (Å²) in [4.78, 5) is 10.5. The van der Waals surface area contributed by atoms with Crippen LogP contribution in [0.5, 0.6) is 5.75 Å². The third-order valence-corrected chi connectivity index (χ3v) is 5.13. The van der Waals surface area contributed by atoms with Crippen LogP contribution in [0.1, 0.15) is 13.3 Å². The SMILES string of the molecule is CC(CC(=O)O)S(=O)(=O)CCOc1cccc(Br)c1. The minimum atomic E-state index is -3.45. The standard InChI is InChI=1S/C12H15BrO5S/c1-9(7-12(14)15)19(16,17)6-5-18-11-4-2-3-10(13)8-11/h2-4,8-9H,5-7H2,1H3,(H,14,15). The lowest BCUT2D eigenvalue weighted by atomic mass is 10.3. The lowest BCUT2D eigenvalue weighted by molar-refractivity contribution is -0.136. The molecule has 1 atom stereocenters. The predicted octanol–water partition coefficient (Wildman–Crippen LogP) is 2.11. The normalized spacial score (nSPS) is 12.9. The number of carboxylic acids is 1. The summed E-state index contributed by atoms with van der Waals surface area (Å²) in [7, 11) is -3.45. The Morgan fingerprint density at radius 3 is 2.74 bits per heavy atom. The molecule has 0 bridgehead atoms. The molecule has 7 heteroatoms. The van der Waals surface area contributed by atoms with Gasteiger partial charge in [0.1, 0.15) is 12.4 Å². The van der Waals surface area contributed by atoms with Gasteiger partial charge in [-0.25, -0.2) is 8.42 Å². The smallest absolute Gasteiger partial charge is 0.304 e. The van der Waals surface area contributed by atoms with Crippen LogP contribution in [0.15, 0.2) is 28.7 Å². The number of carboxylic acid groups (broad SMARTS) is 1. The van der Waals surface area contributed by atoms with Crippen molar-refractivity contribution in [1.29, 1.82) is 0 Å². The molecule has 0 saturated heterocycles. The Morgan fingerprint density at radius 2 is 2.16 bits per heavy atom. The summed E-state index contributed by atoms with van der Waals surface area (Å²) in [5.74, 6) is -0.757. The third-order valence-electron chi connectivity index (χ3n) is 2.51. The molecule has 0 aliphatic rings. The van der Waals surface area contributed by atoms with Crippen LogP contribution in [0.4, 0.5) is 0 Å². The molecule has 0 spiro atoms. The van der Waals surface area contributed by atoms with E-state index in [2.05, 4.69) is 15.9 Å². The quantitative estimate of drug-likeness (QED) is 0.814. The maximum atomic E-state index is 11.8. The number of carbonyl (C=O) groups is 1. The largest absolute Gasteiger partial charge is 0.492 e. The lowest BCUT2D eigenvalue weighted by Crippen LogP contribution is -2.26. The summed E-state index contributed by atoms with van der Waals surface area (Å²) in [6.45, 7) is 1.39. The summed E-state index contributed by atoms with van der Waals surface area (Å²) in [5, 5.41) is 7.67. The van der Waals surface area contributed by atoms with Gasteiger partial charge in [0, 0.05) is 4.47 Å². The van der Waals surface area contributed by atoms with Gasteiger partial charge in [-0.3, -0.25) is 4.79 Å². The van der Waals surface area contributed by atoms with E-state index in [0.29, 0.717) is 5.75 Å². The highest BCUT2D eigenvalue weighted by Crippen LogP contribution is 2.18. The van der Waals surface area contributed by atoms with E-state index in [1.165, 1.54) is 6.92 Å². The average molecular weight is 351 g/mol. The number of benzene rings is 1. The number of rotatable bonds is 7. The summed E-state index contributed by atoms with van der Waals surface area (Å²) in [6, 6.07) is 7.06. The summed E-state index contributed by atoms with van der Waals surface area (Å²) < 4.78 is 29.7. The molecule has 0 fully saturated rings. The minimum Gasteiger partial charge on any atom is -0.492 e. The van der Waals surface area contributed by atoms with Crippen molar-refractivity contribution in [2.24, 2.45) is 0 Å². The fraction of sp³-hybridized carbons (Fsp3) is 0.417. The van der Waals surface area contributed by atoms with Crippen LogP contribution < -0.4 is 4.74 Å². The fourth-order valence-corrected chi connectivity index (χ4v) is 2.90. The first-order chi connectivity index (χ1) is 8.81. The highest BCUT2D eigenvalue weighted by Gasteiger charge is 2.23. The fourth-order valence-electron chi connectivity index (χ4n) is 1.41. The van der Waals surface area contributed by atoms with Gasteiger partial charge in [-0.15, -0.1) is 0 Å². The molecule has 0 radical (unpaired) electrons. The number of hydrogen-bond donors (Lipinski definition) is 1. The van der Waals surface area contributed by atoms with Gasteiger partial charge in [0.05, 0.1) is 17.4 Å². The van der Waals surface area contributed by atoms with E-state index in [9.17, 15) is 13.2 Å². The number of ether oxygens (including phenoxy) is 1. The zero-order valence-electron chi connectivity index (χ0n) is 10.4. The van der Waals surface area contributed by atoms with Crippen molar-refractivity contribution < 1.29 is 23.1 Å². The first kappa shape index (κ1) is 16.0. The molecule has 106 valence electrons. The number of aliphatic carboxylic acids is 1. The van der Waals surface area contributed by atoms with Crippen molar-refractivity contribution >= 4 is 31.7 Å². The van der Waals surface area contributed by atoms with Crippen molar-refractivity contribution in [3.05, 3.63) is 28.7 Å². The third kappa shape index (κ3) is 5.61. The molecule has 1 aromatic carbocycles. The molecular weight excluding hydrogens is 336 g/mol. The molecule has 0 aliphatic carbocycles. The van der Waals surface area contributed by atoms with Gasteiger partial charge in [-0.05, 0) is 25.1 Å². The van der Waals surface area contributed by atoms with Gasteiger partial charge in [0.25, 0.3) is 0 Å². The highest BCUT2D eigenvalue weighted by atomic mass is 79.9. The van der Waals surface area contributed by atoms with Crippen molar-refractivity contribution in [1.82, 2.24) is 0 Å². The minimum absolute atomic E-state index is 0.00272. The van der Waals surface area contributed by atoms with Gasteiger partial charge in [0.2, 0.25) is 0 Å². The molecule has 0 aliphatic heterocycles. The molecule has 0 amide bonds. The Kier molecular flexibility index (Phi) is 5.81. The zero-order valence-corrected chi connectivity index (χ0v) is 12.8. The average Bonchev–Trinajstić information content (AvgIpc) is 2.27. The molecular formula is C12H15BrO5S. The summed E-state index contributed by atoms with van der Waals surface area (Å²) in [6.07, 6.45) is -0.390.